The van der Waals surface area contributed by atoms with Gasteiger partial charge in [-0.2, -0.15) is 0 Å². The molecule has 0 fully saturated rings. The Balaban J connectivity index is 0.00000533. The van der Waals surface area contributed by atoms with Crippen LogP contribution in [-0.2, 0) is 32.0 Å². The summed E-state index contributed by atoms with van der Waals surface area (Å²) >= 11 is 0. The van der Waals surface area contributed by atoms with Gasteiger partial charge in [0.1, 0.15) is 31.3 Å². The van der Waals surface area contributed by atoms with Crippen LogP contribution in [0.5, 0.6) is 11.5 Å². The molecule has 7 nitrogen and oxygen atoms in total. The summed E-state index contributed by atoms with van der Waals surface area (Å²) in [5.41, 5.74) is 2.24. The normalized spacial score (nSPS) is 11.8. The maximum Gasteiger partial charge on any atom is 0.365 e. The molecule has 0 N–H and O–H groups in total. The van der Waals surface area contributed by atoms with Gasteiger partial charge in [0.2, 0.25) is 0 Å². The van der Waals surface area contributed by atoms with Crippen molar-refractivity contribution in [2.24, 2.45) is 0 Å². The van der Waals surface area contributed by atoms with Gasteiger partial charge >= 0.3 is 5.97 Å². The standard InChI is InChI=1S/C31H40NO6.HI/c1-32(2,3)30(24-26-10-6-4-7-11-26)31(33)37-23-21-35-19-18-34-20-22-36-28-14-16-29(17-15-28)38-25-27-12-8-5-9-13-27;/h4-17,30H,18-25H2,1-3H3;1H/q+1;/p-1. The first-order valence-corrected chi connectivity index (χ1v) is 13.0. The van der Waals surface area contributed by atoms with E-state index in [-0.39, 0.29) is 42.6 Å². The molecule has 0 bridgehead atoms. The fraction of sp³-hybridized carbons (Fsp3) is 0.387. The first-order chi connectivity index (χ1) is 18.4. The van der Waals surface area contributed by atoms with Gasteiger partial charge in [-0.05, 0) is 35.4 Å². The van der Waals surface area contributed by atoms with Crippen LogP contribution in [0, 0.1) is 0 Å². The number of carbonyl (C=O) groups excluding carboxylic acids is 1. The number of quaternary nitrogens is 1. The highest BCUT2D eigenvalue weighted by Gasteiger charge is 2.33. The molecule has 0 saturated carbocycles. The van der Waals surface area contributed by atoms with Crippen molar-refractivity contribution >= 4 is 5.97 Å². The van der Waals surface area contributed by atoms with Crippen LogP contribution in [0.1, 0.15) is 11.1 Å². The second kappa shape index (κ2) is 17.8. The largest absolute Gasteiger partial charge is 1.00 e. The van der Waals surface area contributed by atoms with Crippen LogP contribution in [0.2, 0.25) is 0 Å². The average Bonchev–Trinajstić information content (AvgIpc) is 2.92. The molecule has 1 atom stereocenters. The van der Waals surface area contributed by atoms with Gasteiger partial charge in [0.05, 0.1) is 47.6 Å². The average molecular weight is 650 g/mol. The maximum absolute atomic E-state index is 12.7. The van der Waals surface area contributed by atoms with E-state index in [1.807, 2.05) is 106 Å². The number of carbonyl (C=O) groups is 1. The highest BCUT2D eigenvalue weighted by Crippen LogP contribution is 2.19. The molecule has 0 aliphatic carbocycles. The Morgan fingerprint density at radius 2 is 1.13 bits per heavy atom. The minimum absolute atomic E-state index is 0. The van der Waals surface area contributed by atoms with Crippen molar-refractivity contribution in [2.75, 3.05) is 60.8 Å². The van der Waals surface area contributed by atoms with Crippen molar-refractivity contribution in [2.45, 2.75) is 19.1 Å². The summed E-state index contributed by atoms with van der Waals surface area (Å²) in [7, 11) is 6.01. The van der Waals surface area contributed by atoms with Gasteiger partial charge in [0.25, 0.3) is 0 Å². The summed E-state index contributed by atoms with van der Waals surface area (Å²) in [6.07, 6.45) is 0.631. The van der Waals surface area contributed by atoms with Crippen LogP contribution in [0.3, 0.4) is 0 Å². The molecule has 3 aromatic carbocycles. The van der Waals surface area contributed by atoms with Gasteiger partial charge in [0.15, 0.2) is 6.04 Å². The molecule has 0 heterocycles. The molecule has 212 valence electrons. The number of ether oxygens (including phenoxy) is 5. The molecule has 0 amide bonds. The Labute approximate surface area is 249 Å². The highest BCUT2D eigenvalue weighted by atomic mass is 127. The van der Waals surface area contributed by atoms with E-state index in [0.717, 1.165) is 22.6 Å². The van der Waals surface area contributed by atoms with E-state index < -0.39 is 0 Å². The minimum Gasteiger partial charge on any atom is -1.00 e. The maximum atomic E-state index is 12.7. The van der Waals surface area contributed by atoms with E-state index in [9.17, 15) is 4.79 Å². The zero-order chi connectivity index (χ0) is 27.1. The van der Waals surface area contributed by atoms with Crippen molar-refractivity contribution in [1.82, 2.24) is 0 Å². The predicted molar refractivity (Wildman–Crippen MR) is 147 cm³/mol. The molecule has 1 unspecified atom stereocenters. The third kappa shape index (κ3) is 12.8. The predicted octanol–water partition coefficient (Wildman–Crippen LogP) is 1.54. The van der Waals surface area contributed by atoms with Gasteiger partial charge in [-0.3, -0.25) is 0 Å². The molecule has 0 aliphatic heterocycles. The lowest BCUT2D eigenvalue weighted by Crippen LogP contribution is -3.00. The fourth-order valence-corrected chi connectivity index (χ4v) is 3.72. The van der Waals surface area contributed by atoms with E-state index in [1.54, 1.807) is 0 Å². The monoisotopic (exact) mass is 649 g/mol. The van der Waals surface area contributed by atoms with Crippen molar-refractivity contribution in [3.05, 3.63) is 96.1 Å². The third-order valence-electron chi connectivity index (χ3n) is 5.89. The molecular formula is C31H40INO6. The minimum atomic E-state index is -0.279. The lowest BCUT2D eigenvalue weighted by atomic mass is 10.0. The number of hydrogen-bond acceptors (Lipinski definition) is 6. The van der Waals surface area contributed by atoms with Crippen LogP contribution in [0.25, 0.3) is 0 Å². The van der Waals surface area contributed by atoms with E-state index in [0.29, 0.717) is 50.5 Å². The summed E-state index contributed by atoms with van der Waals surface area (Å²) in [6, 6.07) is 27.3. The summed E-state index contributed by atoms with van der Waals surface area (Å²) in [5.74, 6) is 1.34. The Morgan fingerprint density at radius 3 is 1.69 bits per heavy atom. The molecule has 0 spiro atoms. The first kappa shape index (κ1) is 32.6. The van der Waals surface area contributed by atoms with Gasteiger partial charge in [0, 0.05) is 6.42 Å². The second-order valence-corrected chi connectivity index (χ2v) is 9.81. The number of rotatable bonds is 17. The second-order valence-electron chi connectivity index (χ2n) is 9.81. The summed E-state index contributed by atoms with van der Waals surface area (Å²) in [4.78, 5) is 12.7. The molecule has 39 heavy (non-hydrogen) atoms. The molecule has 0 aliphatic rings. The van der Waals surface area contributed by atoms with Crippen LogP contribution in [-0.4, -0.2) is 77.3 Å². The summed E-state index contributed by atoms with van der Waals surface area (Å²) in [6.45, 7) is 2.85. The van der Waals surface area contributed by atoms with Gasteiger partial charge in [-0.15, -0.1) is 0 Å². The molecule has 3 aromatic rings. The van der Waals surface area contributed by atoms with Crippen molar-refractivity contribution < 1.29 is 56.9 Å². The number of esters is 1. The third-order valence-corrected chi connectivity index (χ3v) is 5.89. The first-order valence-electron chi connectivity index (χ1n) is 13.0. The highest BCUT2D eigenvalue weighted by molar-refractivity contribution is 5.75. The smallest absolute Gasteiger partial charge is 0.365 e. The lowest BCUT2D eigenvalue weighted by molar-refractivity contribution is -0.887. The molecular weight excluding hydrogens is 609 g/mol. The molecule has 0 aromatic heterocycles. The lowest BCUT2D eigenvalue weighted by Gasteiger charge is -2.32. The molecule has 0 saturated heterocycles. The number of nitrogens with zero attached hydrogens (tertiary/aromatic N) is 1. The van der Waals surface area contributed by atoms with Crippen LogP contribution in [0.4, 0.5) is 0 Å². The van der Waals surface area contributed by atoms with E-state index >= 15 is 0 Å². The number of benzene rings is 3. The fourth-order valence-electron chi connectivity index (χ4n) is 3.72. The number of likely N-dealkylation sites (N-methyl/N-ethyl adjacent to an activating group) is 1. The Morgan fingerprint density at radius 1 is 0.641 bits per heavy atom. The van der Waals surface area contributed by atoms with Crippen molar-refractivity contribution in [3.8, 4) is 11.5 Å². The van der Waals surface area contributed by atoms with Crippen LogP contribution < -0.4 is 33.5 Å². The SMILES string of the molecule is C[N+](C)(C)C(Cc1ccccc1)C(=O)OCCOCCOCCOc1ccc(OCc2ccccc2)cc1.[I-]. The van der Waals surface area contributed by atoms with E-state index in [1.165, 1.54) is 0 Å². The van der Waals surface area contributed by atoms with Gasteiger partial charge < -0.3 is 52.1 Å². The zero-order valence-electron chi connectivity index (χ0n) is 23.1. The molecule has 3 rings (SSSR count). The Kier molecular flexibility index (Phi) is 14.9. The topological polar surface area (TPSA) is 63.2 Å². The van der Waals surface area contributed by atoms with Crippen molar-refractivity contribution in [3.63, 3.8) is 0 Å². The molecule has 8 heteroatoms. The van der Waals surface area contributed by atoms with Crippen molar-refractivity contribution in [1.29, 1.82) is 0 Å². The van der Waals surface area contributed by atoms with E-state index in [2.05, 4.69) is 0 Å². The number of halogens is 1. The Bertz CT molecular complexity index is 1060. The summed E-state index contributed by atoms with van der Waals surface area (Å²) < 4.78 is 28.6. The van der Waals surface area contributed by atoms with Crippen LogP contribution in [0.15, 0.2) is 84.9 Å². The summed E-state index contributed by atoms with van der Waals surface area (Å²) in [5, 5.41) is 0. The molecule has 0 radical (unpaired) electrons. The number of hydrogen-bond donors (Lipinski definition) is 0. The zero-order valence-corrected chi connectivity index (χ0v) is 25.2. The van der Waals surface area contributed by atoms with Gasteiger partial charge in [-0.1, -0.05) is 60.7 Å². The van der Waals surface area contributed by atoms with E-state index in [4.69, 9.17) is 23.7 Å². The van der Waals surface area contributed by atoms with Crippen LogP contribution >= 0.6 is 0 Å². The quantitative estimate of drug-likeness (QED) is 0.0958. The Hall–Kier alpha value is -2.66. The van der Waals surface area contributed by atoms with Gasteiger partial charge in [-0.25, -0.2) is 4.79 Å².